The number of hydrogen-bond donors (Lipinski definition) is 2. The number of anilines is 1. The number of rotatable bonds is 9. The highest BCUT2D eigenvalue weighted by Gasteiger charge is 2.05. The normalized spacial score (nSPS) is 10.2. The molecule has 0 aliphatic heterocycles. The number of aromatic nitrogens is 2. The fourth-order valence-corrected chi connectivity index (χ4v) is 2.46. The molecule has 0 aliphatic rings. The lowest BCUT2D eigenvalue weighted by Gasteiger charge is -2.08. The Labute approximate surface area is 158 Å². The Bertz CT molecular complexity index is 824. The van der Waals surface area contributed by atoms with Crippen LogP contribution in [0, 0.1) is 0 Å². The predicted molar refractivity (Wildman–Crippen MR) is 105 cm³/mol. The monoisotopic (exact) mass is 362 g/mol. The highest BCUT2D eigenvalue weighted by Crippen LogP contribution is 2.20. The average Bonchev–Trinajstić information content (AvgIpc) is 2.72. The number of unbranched alkanes of at least 4 members (excludes halogenated alkanes) is 1. The second-order valence-corrected chi connectivity index (χ2v) is 5.92. The zero-order chi connectivity index (χ0) is 18.7. The first kappa shape index (κ1) is 18.4. The highest BCUT2D eigenvalue weighted by atomic mass is 16.5. The molecule has 0 saturated carbocycles. The Morgan fingerprint density at radius 2 is 1.74 bits per heavy atom. The summed E-state index contributed by atoms with van der Waals surface area (Å²) in [6.07, 6.45) is 6.94. The predicted octanol–water partition coefficient (Wildman–Crippen LogP) is 3.89. The third kappa shape index (κ3) is 6.11. The molecule has 0 unspecified atom stereocenters. The molecule has 1 amide bonds. The maximum absolute atomic E-state index is 12.2. The lowest BCUT2D eigenvalue weighted by atomic mass is 10.2. The van der Waals surface area contributed by atoms with Gasteiger partial charge < -0.3 is 15.4 Å². The summed E-state index contributed by atoms with van der Waals surface area (Å²) in [7, 11) is 0. The summed E-state index contributed by atoms with van der Waals surface area (Å²) >= 11 is 0. The van der Waals surface area contributed by atoms with Crippen molar-refractivity contribution in [3.63, 3.8) is 0 Å². The Kier molecular flexibility index (Phi) is 6.75. The molecule has 3 aromatic rings. The van der Waals surface area contributed by atoms with Crippen LogP contribution in [-0.2, 0) is 0 Å². The van der Waals surface area contributed by atoms with Crippen LogP contribution in [0.4, 0.5) is 5.82 Å². The third-order valence-corrected chi connectivity index (χ3v) is 3.85. The van der Waals surface area contributed by atoms with E-state index < -0.39 is 0 Å². The number of ether oxygens (including phenoxy) is 1. The molecule has 0 aliphatic carbocycles. The Morgan fingerprint density at radius 1 is 0.889 bits per heavy atom. The molecule has 1 aromatic carbocycles. The fourth-order valence-electron chi connectivity index (χ4n) is 2.46. The molecule has 6 nitrogen and oxygen atoms in total. The average molecular weight is 362 g/mol. The lowest BCUT2D eigenvalue weighted by molar-refractivity contribution is 0.0953. The van der Waals surface area contributed by atoms with E-state index in [2.05, 4.69) is 20.6 Å². The summed E-state index contributed by atoms with van der Waals surface area (Å²) in [5.74, 6) is 2.12. The first-order valence-corrected chi connectivity index (χ1v) is 8.92. The molecule has 0 radical (unpaired) electrons. The van der Waals surface area contributed by atoms with Gasteiger partial charge in [0.1, 0.15) is 17.3 Å². The van der Waals surface area contributed by atoms with Crippen LogP contribution in [0.2, 0.25) is 0 Å². The van der Waals surface area contributed by atoms with E-state index in [0.717, 1.165) is 25.2 Å². The minimum atomic E-state index is -0.0828. The van der Waals surface area contributed by atoms with Crippen molar-refractivity contribution in [2.24, 2.45) is 0 Å². The summed E-state index contributed by atoms with van der Waals surface area (Å²) < 4.78 is 5.67. The molecule has 6 heteroatoms. The van der Waals surface area contributed by atoms with Crippen LogP contribution < -0.4 is 15.4 Å². The molecule has 2 aromatic heterocycles. The molecule has 138 valence electrons. The van der Waals surface area contributed by atoms with Crippen LogP contribution in [0.25, 0.3) is 0 Å². The molecule has 3 rings (SSSR count). The number of carbonyl (C=O) groups excluding carboxylic acids is 1. The van der Waals surface area contributed by atoms with Crippen molar-refractivity contribution in [1.82, 2.24) is 15.3 Å². The van der Waals surface area contributed by atoms with E-state index in [9.17, 15) is 4.79 Å². The van der Waals surface area contributed by atoms with E-state index >= 15 is 0 Å². The van der Waals surface area contributed by atoms with E-state index in [-0.39, 0.29) is 5.91 Å². The van der Waals surface area contributed by atoms with Gasteiger partial charge in [0.05, 0.1) is 6.20 Å². The van der Waals surface area contributed by atoms with Crippen molar-refractivity contribution < 1.29 is 9.53 Å². The number of amides is 1. The van der Waals surface area contributed by atoms with E-state index in [4.69, 9.17) is 4.74 Å². The summed E-state index contributed by atoms with van der Waals surface area (Å²) in [6, 6.07) is 16.5. The molecular weight excluding hydrogens is 340 g/mol. The van der Waals surface area contributed by atoms with Crippen molar-refractivity contribution >= 4 is 11.7 Å². The zero-order valence-electron chi connectivity index (χ0n) is 15.0. The van der Waals surface area contributed by atoms with Crippen LogP contribution in [-0.4, -0.2) is 29.0 Å². The van der Waals surface area contributed by atoms with Crippen molar-refractivity contribution in [2.75, 3.05) is 18.4 Å². The van der Waals surface area contributed by atoms with Crippen molar-refractivity contribution in [2.45, 2.75) is 12.8 Å². The maximum Gasteiger partial charge on any atom is 0.251 e. The van der Waals surface area contributed by atoms with Gasteiger partial charge in [-0.05, 0) is 61.4 Å². The Morgan fingerprint density at radius 3 is 2.48 bits per heavy atom. The van der Waals surface area contributed by atoms with Crippen LogP contribution in [0.1, 0.15) is 23.2 Å². The van der Waals surface area contributed by atoms with Crippen molar-refractivity contribution in [1.29, 1.82) is 0 Å². The number of benzene rings is 1. The first-order chi connectivity index (χ1) is 13.3. The smallest absolute Gasteiger partial charge is 0.251 e. The quantitative estimate of drug-likeness (QED) is 0.565. The summed E-state index contributed by atoms with van der Waals surface area (Å²) in [5, 5.41) is 6.18. The van der Waals surface area contributed by atoms with Gasteiger partial charge in [0.25, 0.3) is 5.91 Å². The molecule has 0 bridgehead atoms. The van der Waals surface area contributed by atoms with Crippen LogP contribution in [0.15, 0.2) is 73.2 Å². The molecule has 2 N–H and O–H groups in total. The van der Waals surface area contributed by atoms with Crippen molar-refractivity contribution in [3.8, 4) is 11.5 Å². The molecule has 0 saturated heterocycles. The van der Waals surface area contributed by atoms with Gasteiger partial charge in [0.15, 0.2) is 0 Å². The van der Waals surface area contributed by atoms with Crippen LogP contribution in [0.3, 0.4) is 0 Å². The Hall–Kier alpha value is -3.41. The molecule has 0 spiro atoms. The number of nitrogens with zero attached hydrogens (tertiary/aromatic N) is 2. The molecular formula is C21H22N4O2. The van der Waals surface area contributed by atoms with Crippen molar-refractivity contribution in [3.05, 3.63) is 78.8 Å². The van der Waals surface area contributed by atoms with Gasteiger partial charge in [-0.3, -0.25) is 9.78 Å². The largest absolute Gasteiger partial charge is 0.456 e. The van der Waals surface area contributed by atoms with E-state index in [1.807, 2.05) is 30.3 Å². The topological polar surface area (TPSA) is 76.1 Å². The zero-order valence-corrected chi connectivity index (χ0v) is 15.0. The van der Waals surface area contributed by atoms with Gasteiger partial charge >= 0.3 is 0 Å². The van der Waals surface area contributed by atoms with Gasteiger partial charge in [-0.2, -0.15) is 0 Å². The maximum atomic E-state index is 12.2. The van der Waals surface area contributed by atoms with Gasteiger partial charge in [-0.15, -0.1) is 0 Å². The van der Waals surface area contributed by atoms with Gasteiger partial charge in [0.2, 0.25) is 0 Å². The summed E-state index contributed by atoms with van der Waals surface area (Å²) in [5.41, 5.74) is 0.611. The third-order valence-electron chi connectivity index (χ3n) is 3.85. The summed E-state index contributed by atoms with van der Waals surface area (Å²) in [4.78, 5) is 20.4. The number of nitrogens with one attached hydrogen (secondary N) is 2. The fraction of sp³-hybridized carbons (Fsp3) is 0.190. The highest BCUT2D eigenvalue weighted by molar-refractivity contribution is 5.94. The molecule has 27 heavy (non-hydrogen) atoms. The SMILES string of the molecule is O=C(NCCCCNc1ccccn1)c1ccc(Oc2cccnc2)cc1. The second-order valence-electron chi connectivity index (χ2n) is 5.92. The van der Waals surface area contributed by atoms with Crippen LogP contribution >= 0.6 is 0 Å². The van der Waals surface area contributed by atoms with E-state index in [1.54, 1.807) is 42.9 Å². The number of pyridine rings is 2. The molecule has 2 heterocycles. The number of hydrogen-bond acceptors (Lipinski definition) is 5. The van der Waals surface area contributed by atoms with Crippen LogP contribution in [0.5, 0.6) is 11.5 Å². The lowest BCUT2D eigenvalue weighted by Crippen LogP contribution is -2.24. The minimum absolute atomic E-state index is 0.0828. The minimum Gasteiger partial charge on any atom is -0.456 e. The first-order valence-electron chi connectivity index (χ1n) is 8.92. The van der Waals surface area contributed by atoms with E-state index in [0.29, 0.717) is 23.6 Å². The standard InChI is InChI=1S/C21H22N4O2/c26-21(25-15-4-3-14-24-20-7-1-2-13-23-20)17-8-10-18(11-9-17)27-19-6-5-12-22-16-19/h1-2,5-13,16H,3-4,14-15H2,(H,23,24)(H,25,26). The Balaban J connectivity index is 1.35. The molecule has 0 fully saturated rings. The second kappa shape index (κ2) is 9.91. The van der Waals surface area contributed by atoms with Gasteiger partial charge in [-0.25, -0.2) is 4.98 Å². The molecule has 0 atom stereocenters. The van der Waals surface area contributed by atoms with Gasteiger partial charge in [0, 0.05) is 31.0 Å². The van der Waals surface area contributed by atoms with E-state index in [1.165, 1.54) is 0 Å². The van der Waals surface area contributed by atoms with Gasteiger partial charge in [-0.1, -0.05) is 6.07 Å². The number of carbonyl (C=O) groups is 1. The summed E-state index contributed by atoms with van der Waals surface area (Å²) in [6.45, 7) is 1.46.